The van der Waals surface area contributed by atoms with Crippen LogP contribution in [0.15, 0.2) is 54.7 Å². The molecule has 6 nitrogen and oxygen atoms in total. The van der Waals surface area contributed by atoms with E-state index in [2.05, 4.69) is 10.00 Å². The first-order valence-corrected chi connectivity index (χ1v) is 10.6. The van der Waals surface area contributed by atoms with E-state index in [4.69, 9.17) is 27.9 Å². The summed E-state index contributed by atoms with van der Waals surface area (Å²) in [5.74, 6) is 0.150. The fourth-order valence-electron chi connectivity index (χ4n) is 3.39. The number of halogens is 3. The summed E-state index contributed by atoms with van der Waals surface area (Å²) in [7, 11) is 0. The van der Waals surface area contributed by atoms with Gasteiger partial charge in [0.2, 0.25) is 0 Å². The molecule has 162 valence electrons. The van der Waals surface area contributed by atoms with Gasteiger partial charge in [0.25, 0.3) is 5.91 Å². The highest BCUT2D eigenvalue weighted by atomic mass is 35.5. The fourth-order valence-corrected chi connectivity index (χ4v) is 3.86. The number of carbonyl (C=O) groups is 1. The van der Waals surface area contributed by atoms with Crippen LogP contribution in [0.2, 0.25) is 10.0 Å². The van der Waals surface area contributed by atoms with E-state index in [0.717, 1.165) is 25.2 Å². The summed E-state index contributed by atoms with van der Waals surface area (Å²) in [6, 6.07) is 13.2. The molecule has 0 atom stereocenters. The molecule has 0 bridgehead atoms. The maximum atomic E-state index is 13.1. The lowest BCUT2D eigenvalue weighted by Gasteiger charge is -2.34. The molecule has 0 spiro atoms. The van der Waals surface area contributed by atoms with Crippen LogP contribution in [0.4, 0.5) is 4.39 Å². The van der Waals surface area contributed by atoms with Crippen LogP contribution in [0.5, 0.6) is 5.75 Å². The molecule has 3 aromatic rings. The van der Waals surface area contributed by atoms with Gasteiger partial charge in [-0.15, -0.1) is 0 Å². The monoisotopic (exact) mass is 462 g/mol. The second kappa shape index (κ2) is 9.68. The molecule has 1 saturated heterocycles. The fraction of sp³-hybridized carbons (Fsp3) is 0.273. The van der Waals surface area contributed by atoms with E-state index >= 15 is 0 Å². The average Bonchev–Trinajstić information content (AvgIpc) is 3.24. The number of nitrogens with zero attached hydrogens (tertiary/aromatic N) is 4. The number of carbonyl (C=O) groups excluding carboxylic acids is 1. The van der Waals surface area contributed by atoms with Crippen molar-refractivity contribution in [3.8, 4) is 5.75 Å². The first-order valence-electron chi connectivity index (χ1n) is 9.85. The van der Waals surface area contributed by atoms with Crippen LogP contribution in [-0.2, 0) is 13.3 Å². The van der Waals surface area contributed by atoms with E-state index < -0.39 is 0 Å². The standard InChI is InChI=1S/C22H21Cl2FN4O2/c23-17-3-6-21(19(24)13-17)31-15-29-8-7-20(26-29)22(30)28-11-9-27(10-12-28)14-16-1-4-18(25)5-2-16/h1-8,13H,9-12,14-15H2. The average molecular weight is 463 g/mol. The van der Waals surface area contributed by atoms with Gasteiger partial charge in [0.05, 0.1) is 5.02 Å². The van der Waals surface area contributed by atoms with Crippen LogP contribution in [0.25, 0.3) is 0 Å². The lowest BCUT2D eigenvalue weighted by molar-refractivity contribution is 0.0620. The Labute approximate surface area is 189 Å². The summed E-state index contributed by atoms with van der Waals surface area (Å²) in [6.45, 7) is 3.60. The molecule has 1 aromatic heterocycles. The van der Waals surface area contributed by atoms with Crippen LogP contribution in [0.1, 0.15) is 16.1 Å². The van der Waals surface area contributed by atoms with E-state index in [1.54, 1.807) is 52.2 Å². The van der Waals surface area contributed by atoms with Gasteiger partial charge < -0.3 is 9.64 Å². The molecule has 1 aliphatic rings. The second-order valence-corrected chi connectivity index (χ2v) is 8.13. The highest BCUT2D eigenvalue weighted by molar-refractivity contribution is 6.35. The zero-order valence-electron chi connectivity index (χ0n) is 16.7. The van der Waals surface area contributed by atoms with Crippen molar-refractivity contribution in [1.82, 2.24) is 19.6 Å². The maximum absolute atomic E-state index is 13.1. The summed E-state index contributed by atoms with van der Waals surface area (Å²) in [5, 5.41) is 5.27. The van der Waals surface area contributed by atoms with Crippen molar-refractivity contribution in [2.24, 2.45) is 0 Å². The molecule has 1 aliphatic heterocycles. The van der Waals surface area contributed by atoms with Crippen LogP contribution >= 0.6 is 23.2 Å². The van der Waals surface area contributed by atoms with Crippen molar-refractivity contribution in [2.75, 3.05) is 26.2 Å². The molecule has 0 unspecified atom stereocenters. The summed E-state index contributed by atoms with van der Waals surface area (Å²) >= 11 is 12.0. The number of rotatable bonds is 6. The zero-order chi connectivity index (χ0) is 21.8. The summed E-state index contributed by atoms with van der Waals surface area (Å²) in [4.78, 5) is 16.8. The lowest BCUT2D eigenvalue weighted by Crippen LogP contribution is -2.48. The van der Waals surface area contributed by atoms with E-state index in [0.29, 0.717) is 34.6 Å². The Morgan fingerprint density at radius 3 is 2.48 bits per heavy atom. The number of aromatic nitrogens is 2. The molecule has 31 heavy (non-hydrogen) atoms. The number of hydrogen-bond acceptors (Lipinski definition) is 4. The van der Waals surface area contributed by atoms with Gasteiger partial charge in [-0.3, -0.25) is 9.69 Å². The van der Waals surface area contributed by atoms with Gasteiger partial charge in [-0.05, 0) is 42.0 Å². The Balaban J connectivity index is 1.28. The predicted molar refractivity (Wildman–Crippen MR) is 117 cm³/mol. The molecule has 0 N–H and O–H groups in total. The van der Waals surface area contributed by atoms with Crippen molar-refractivity contribution >= 4 is 29.1 Å². The molecule has 9 heteroatoms. The van der Waals surface area contributed by atoms with Gasteiger partial charge in [0, 0.05) is 43.9 Å². The summed E-state index contributed by atoms with van der Waals surface area (Å²) in [6.07, 6.45) is 1.70. The minimum absolute atomic E-state index is 0.107. The van der Waals surface area contributed by atoms with Gasteiger partial charge >= 0.3 is 0 Å². The number of hydrogen-bond donors (Lipinski definition) is 0. The van der Waals surface area contributed by atoms with Gasteiger partial charge in [-0.1, -0.05) is 35.3 Å². The van der Waals surface area contributed by atoms with Crippen LogP contribution in [-0.4, -0.2) is 51.7 Å². The quantitative estimate of drug-likeness (QED) is 0.547. The molecular formula is C22H21Cl2FN4O2. The Bertz CT molecular complexity index is 1050. The number of amides is 1. The van der Waals surface area contributed by atoms with E-state index in [1.807, 2.05) is 0 Å². The third kappa shape index (κ3) is 5.55. The molecule has 0 aliphatic carbocycles. The highest BCUT2D eigenvalue weighted by Gasteiger charge is 2.23. The zero-order valence-corrected chi connectivity index (χ0v) is 18.2. The van der Waals surface area contributed by atoms with Gasteiger partial charge in [0.1, 0.15) is 11.6 Å². The molecule has 4 rings (SSSR count). The van der Waals surface area contributed by atoms with Crippen molar-refractivity contribution < 1.29 is 13.9 Å². The molecule has 2 aromatic carbocycles. The minimum atomic E-state index is -0.236. The molecule has 0 saturated carbocycles. The van der Waals surface area contributed by atoms with E-state index in [9.17, 15) is 9.18 Å². The Hall–Kier alpha value is -2.61. The van der Waals surface area contributed by atoms with Crippen molar-refractivity contribution in [2.45, 2.75) is 13.3 Å². The highest BCUT2D eigenvalue weighted by Crippen LogP contribution is 2.27. The Morgan fingerprint density at radius 2 is 1.77 bits per heavy atom. The molecule has 1 amide bonds. The second-order valence-electron chi connectivity index (χ2n) is 7.28. The van der Waals surface area contributed by atoms with Crippen LogP contribution < -0.4 is 4.74 Å². The molecule has 0 radical (unpaired) electrons. The first-order chi connectivity index (χ1) is 15.0. The summed E-state index contributed by atoms with van der Waals surface area (Å²) < 4.78 is 20.2. The molecule has 1 fully saturated rings. The van der Waals surface area contributed by atoms with Crippen LogP contribution in [0, 0.1) is 5.82 Å². The van der Waals surface area contributed by atoms with Crippen molar-refractivity contribution in [3.63, 3.8) is 0 Å². The first kappa shape index (κ1) is 21.6. The maximum Gasteiger partial charge on any atom is 0.274 e. The molecular weight excluding hydrogens is 442 g/mol. The van der Waals surface area contributed by atoms with Gasteiger partial charge in [-0.25, -0.2) is 9.07 Å². The van der Waals surface area contributed by atoms with Gasteiger partial charge in [0.15, 0.2) is 12.4 Å². The van der Waals surface area contributed by atoms with Crippen molar-refractivity contribution in [1.29, 1.82) is 0 Å². The predicted octanol–water partition coefficient (Wildman–Crippen LogP) is 4.32. The van der Waals surface area contributed by atoms with Crippen LogP contribution in [0.3, 0.4) is 0 Å². The normalized spacial score (nSPS) is 14.6. The third-order valence-electron chi connectivity index (χ3n) is 5.08. The topological polar surface area (TPSA) is 50.6 Å². The summed E-state index contributed by atoms with van der Waals surface area (Å²) in [5.41, 5.74) is 1.43. The van der Waals surface area contributed by atoms with Crippen molar-refractivity contribution in [3.05, 3.63) is 81.8 Å². The number of ether oxygens (including phenoxy) is 1. The van der Waals surface area contributed by atoms with Gasteiger partial charge in [-0.2, -0.15) is 5.10 Å². The Morgan fingerprint density at radius 1 is 1.03 bits per heavy atom. The van der Waals surface area contributed by atoms with E-state index in [-0.39, 0.29) is 18.5 Å². The SMILES string of the molecule is O=C(c1ccn(COc2ccc(Cl)cc2Cl)n1)N1CCN(Cc2ccc(F)cc2)CC1. The number of benzene rings is 2. The Kier molecular flexibility index (Phi) is 6.75. The van der Waals surface area contributed by atoms with E-state index in [1.165, 1.54) is 12.1 Å². The smallest absolute Gasteiger partial charge is 0.274 e. The largest absolute Gasteiger partial charge is 0.470 e. The lowest BCUT2D eigenvalue weighted by atomic mass is 10.2. The molecule has 2 heterocycles. The minimum Gasteiger partial charge on any atom is -0.470 e. The third-order valence-corrected chi connectivity index (χ3v) is 5.62. The number of piperazine rings is 1.